The highest BCUT2D eigenvalue weighted by Crippen LogP contribution is 2.35. The maximum absolute atomic E-state index is 12.2. The second-order valence-corrected chi connectivity index (χ2v) is 14.1. The predicted molar refractivity (Wildman–Crippen MR) is 188 cm³/mol. The second-order valence-electron chi connectivity index (χ2n) is 12.9. The van der Waals surface area contributed by atoms with E-state index < -0.39 is 13.9 Å². The number of carbonyl (C=O) groups is 1. The van der Waals surface area contributed by atoms with Crippen LogP contribution >= 0.6 is 7.82 Å². The molecule has 0 amide bonds. The predicted octanol–water partition coefficient (Wildman–Crippen LogP) is 11.5. The van der Waals surface area contributed by atoms with Crippen LogP contribution in [0.25, 0.3) is 0 Å². The summed E-state index contributed by atoms with van der Waals surface area (Å²) in [5.74, 6) is -0.292. The number of ether oxygens (including phenoxy) is 2. The van der Waals surface area contributed by atoms with Gasteiger partial charge in [-0.25, -0.2) is 4.57 Å². The van der Waals surface area contributed by atoms with Crippen LogP contribution in [0.3, 0.4) is 0 Å². The third-order valence-electron chi connectivity index (χ3n) is 8.35. The molecule has 0 aromatic rings. The van der Waals surface area contributed by atoms with Gasteiger partial charge in [0.05, 0.1) is 6.61 Å². The summed E-state index contributed by atoms with van der Waals surface area (Å²) in [6.45, 7) is 4.61. The van der Waals surface area contributed by atoms with E-state index in [1.165, 1.54) is 128 Å². The van der Waals surface area contributed by atoms with E-state index in [1.54, 1.807) is 0 Å². The molecule has 1 atom stereocenters. The summed E-state index contributed by atoms with van der Waals surface area (Å²) in [5, 5.41) is 0. The molecule has 0 saturated carbocycles. The molecular weight excluding hydrogens is 587 g/mol. The van der Waals surface area contributed by atoms with Gasteiger partial charge < -0.3 is 19.3 Å². The van der Waals surface area contributed by atoms with Gasteiger partial charge in [-0.3, -0.25) is 9.32 Å². The number of phosphoric acid groups is 1. The van der Waals surface area contributed by atoms with Crippen LogP contribution in [0.4, 0.5) is 0 Å². The quantitative estimate of drug-likeness (QED) is 0.0298. The molecule has 45 heavy (non-hydrogen) atoms. The minimum atomic E-state index is -4.61. The van der Waals surface area contributed by atoms with Gasteiger partial charge in [-0.05, 0) is 38.5 Å². The molecule has 0 rings (SSSR count). The third-order valence-corrected chi connectivity index (χ3v) is 8.84. The normalized spacial score (nSPS) is 12.7. The van der Waals surface area contributed by atoms with E-state index in [1.807, 2.05) is 0 Å². The largest absolute Gasteiger partial charge is 0.469 e. The Morgan fingerprint density at radius 2 is 0.978 bits per heavy atom. The van der Waals surface area contributed by atoms with Crippen molar-refractivity contribution < 1.29 is 33.1 Å². The molecule has 2 N–H and O–H groups in total. The fourth-order valence-electron chi connectivity index (χ4n) is 5.47. The van der Waals surface area contributed by atoms with E-state index in [-0.39, 0.29) is 19.2 Å². The molecule has 0 aliphatic heterocycles. The molecule has 0 heterocycles. The number of esters is 1. The van der Waals surface area contributed by atoms with E-state index in [4.69, 9.17) is 19.3 Å². The van der Waals surface area contributed by atoms with Crippen molar-refractivity contribution in [2.45, 2.75) is 200 Å². The van der Waals surface area contributed by atoms with Crippen LogP contribution in [0.1, 0.15) is 194 Å². The van der Waals surface area contributed by atoms with Crippen molar-refractivity contribution in [1.29, 1.82) is 0 Å². The Morgan fingerprint density at radius 1 is 0.578 bits per heavy atom. The summed E-state index contributed by atoms with van der Waals surface area (Å²) >= 11 is 0. The van der Waals surface area contributed by atoms with Gasteiger partial charge in [0.15, 0.2) is 0 Å². The van der Waals surface area contributed by atoms with Gasteiger partial charge in [0, 0.05) is 13.0 Å². The van der Waals surface area contributed by atoms with Crippen molar-refractivity contribution in [3.63, 3.8) is 0 Å². The first kappa shape index (κ1) is 44.3. The summed E-state index contributed by atoms with van der Waals surface area (Å²) in [6, 6.07) is 0. The molecule has 0 aromatic carbocycles. The number of phosphoric ester groups is 1. The van der Waals surface area contributed by atoms with Crippen LogP contribution in [0.2, 0.25) is 0 Å². The fraction of sp³-hybridized carbons (Fsp3) is 0.919. The molecular formula is C37H73O7P. The number of hydrogen-bond acceptors (Lipinski definition) is 5. The first-order chi connectivity index (χ1) is 21.9. The number of rotatable bonds is 36. The number of allylic oxidation sites excluding steroid dienone is 2. The van der Waals surface area contributed by atoms with E-state index >= 15 is 0 Å². The number of unbranched alkanes of at least 4 members (excludes halogenated alkanes) is 24. The lowest BCUT2D eigenvalue weighted by atomic mass is 10.0. The highest BCUT2D eigenvalue weighted by molar-refractivity contribution is 7.46. The van der Waals surface area contributed by atoms with Crippen molar-refractivity contribution in [3.8, 4) is 0 Å². The number of hydrogen-bond donors (Lipinski definition) is 2. The van der Waals surface area contributed by atoms with E-state index in [0.717, 1.165) is 44.9 Å². The van der Waals surface area contributed by atoms with Crippen LogP contribution < -0.4 is 0 Å². The first-order valence-electron chi connectivity index (χ1n) is 19.0. The summed E-state index contributed by atoms with van der Waals surface area (Å²) in [4.78, 5) is 30.4. The summed E-state index contributed by atoms with van der Waals surface area (Å²) in [6.07, 6.45) is 37.8. The molecule has 268 valence electrons. The zero-order chi connectivity index (χ0) is 33.1. The first-order valence-corrected chi connectivity index (χ1v) is 20.5. The molecule has 0 saturated heterocycles. The molecule has 0 aromatic heterocycles. The third kappa shape index (κ3) is 37.6. The van der Waals surface area contributed by atoms with Crippen LogP contribution in [-0.2, 0) is 23.4 Å². The lowest BCUT2D eigenvalue weighted by molar-refractivity contribution is -0.149. The molecule has 0 spiro atoms. The zero-order valence-corrected chi connectivity index (χ0v) is 30.4. The second kappa shape index (κ2) is 34.6. The summed E-state index contributed by atoms with van der Waals surface area (Å²) < 4.78 is 26.9. The Hall–Kier alpha value is -0.720. The smallest absolute Gasteiger partial charge is 0.463 e. The standard InChI is InChI=1S/C37H73O7P/c1-3-5-7-9-11-13-15-17-18-19-21-23-25-27-29-31-33-42-36(35-44-45(39,40)41)34-43-37(38)32-30-28-26-24-22-20-16-14-12-10-8-6-4-2/h17-18,36H,3-16,19-35H2,1-2H3,(H2,39,40,41)/b18-17-/t36-/m1/s1. The molecule has 0 radical (unpaired) electrons. The Bertz CT molecular complexity index is 694. The van der Waals surface area contributed by atoms with Crippen LogP contribution in [0.5, 0.6) is 0 Å². The molecule has 0 aliphatic rings. The maximum Gasteiger partial charge on any atom is 0.469 e. The molecule has 7 nitrogen and oxygen atoms in total. The molecule has 0 fully saturated rings. The van der Waals surface area contributed by atoms with Crippen molar-refractivity contribution in [3.05, 3.63) is 12.2 Å². The van der Waals surface area contributed by atoms with Crippen molar-refractivity contribution in [2.24, 2.45) is 0 Å². The van der Waals surface area contributed by atoms with E-state index in [0.29, 0.717) is 13.0 Å². The zero-order valence-electron chi connectivity index (χ0n) is 29.5. The van der Waals surface area contributed by atoms with Gasteiger partial charge in [0.1, 0.15) is 12.7 Å². The average Bonchev–Trinajstić information content (AvgIpc) is 3.01. The number of carbonyl (C=O) groups excluding carboxylic acids is 1. The van der Waals surface area contributed by atoms with Gasteiger partial charge in [-0.1, -0.05) is 161 Å². The molecule has 0 aliphatic carbocycles. The molecule has 0 unspecified atom stereocenters. The fourth-order valence-corrected chi connectivity index (χ4v) is 5.83. The van der Waals surface area contributed by atoms with Gasteiger partial charge in [-0.2, -0.15) is 0 Å². The van der Waals surface area contributed by atoms with Gasteiger partial charge >= 0.3 is 13.8 Å². The minimum absolute atomic E-state index is 0.0519. The lowest BCUT2D eigenvalue weighted by Crippen LogP contribution is -2.27. The Labute approximate surface area is 278 Å². The average molecular weight is 661 g/mol. The Balaban J connectivity index is 3.81. The van der Waals surface area contributed by atoms with E-state index in [2.05, 4.69) is 30.5 Å². The maximum atomic E-state index is 12.2. The van der Waals surface area contributed by atoms with Crippen molar-refractivity contribution in [2.75, 3.05) is 19.8 Å². The van der Waals surface area contributed by atoms with Crippen LogP contribution in [0, 0.1) is 0 Å². The summed E-state index contributed by atoms with van der Waals surface area (Å²) in [5.41, 5.74) is 0. The molecule has 8 heteroatoms. The highest BCUT2D eigenvalue weighted by Gasteiger charge is 2.20. The highest BCUT2D eigenvalue weighted by atomic mass is 31.2. The van der Waals surface area contributed by atoms with Gasteiger partial charge in [0.25, 0.3) is 0 Å². The monoisotopic (exact) mass is 661 g/mol. The van der Waals surface area contributed by atoms with Crippen LogP contribution in [-0.4, -0.2) is 41.7 Å². The van der Waals surface area contributed by atoms with E-state index in [9.17, 15) is 9.36 Å². The minimum Gasteiger partial charge on any atom is -0.463 e. The Kier molecular flexibility index (Phi) is 34.1. The molecule has 0 bridgehead atoms. The van der Waals surface area contributed by atoms with Gasteiger partial charge in [-0.15, -0.1) is 0 Å². The topological polar surface area (TPSA) is 102 Å². The van der Waals surface area contributed by atoms with Crippen LogP contribution in [0.15, 0.2) is 12.2 Å². The Morgan fingerprint density at radius 3 is 1.42 bits per heavy atom. The summed E-state index contributed by atoms with van der Waals surface area (Å²) in [7, 11) is -4.61. The SMILES string of the molecule is CCCCCCCC/C=C\CCCCCCCCO[C@H](COC(=O)CCCCCCCCCCCCCCC)COP(=O)(O)O. The van der Waals surface area contributed by atoms with Crippen molar-refractivity contribution in [1.82, 2.24) is 0 Å². The van der Waals surface area contributed by atoms with Gasteiger partial charge in [0.2, 0.25) is 0 Å². The van der Waals surface area contributed by atoms with Crippen molar-refractivity contribution >= 4 is 13.8 Å². The lowest BCUT2D eigenvalue weighted by Gasteiger charge is -2.18.